The fourth-order valence-corrected chi connectivity index (χ4v) is 5.94. The predicted molar refractivity (Wildman–Crippen MR) is 131 cm³/mol. The van der Waals surface area contributed by atoms with Crippen LogP contribution >= 0.6 is 11.3 Å². The maximum atomic E-state index is 5.58. The maximum Gasteiger partial charge on any atom is 0.170 e. The summed E-state index contributed by atoms with van der Waals surface area (Å²) < 4.78 is 11.9. The van der Waals surface area contributed by atoms with Crippen LogP contribution in [0.3, 0.4) is 0 Å². The standard InChI is InChI=1S/C24H26N6O2S/c1-31-16-8-6-15(7-9-16)14-25-22-21-20(27-29-28-22)19-17-4-2-3-5-18(17)23(26-24(19)33-21)30-10-12-32-13-11-30/h6-9H,2-5,10-14H2,1H3,(H,25,27,28). The van der Waals surface area contributed by atoms with E-state index in [0.717, 1.165) is 77.1 Å². The number of ether oxygens (including phenoxy) is 2. The Kier molecular flexibility index (Phi) is 5.43. The topological polar surface area (TPSA) is 85.3 Å². The van der Waals surface area contributed by atoms with E-state index in [4.69, 9.17) is 14.5 Å². The van der Waals surface area contributed by atoms with E-state index in [0.29, 0.717) is 6.54 Å². The number of morpholine rings is 1. The SMILES string of the molecule is COc1ccc(CNc2nnnc3c2sc2nc(N4CCOCC4)c4c(c23)CCCC4)cc1. The molecule has 33 heavy (non-hydrogen) atoms. The van der Waals surface area contributed by atoms with Crippen LogP contribution in [0.2, 0.25) is 0 Å². The van der Waals surface area contributed by atoms with E-state index in [1.54, 1.807) is 18.4 Å². The number of hydrogen-bond acceptors (Lipinski definition) is 9. The average Bonchev–Trinajstić information content (AvgIpc) is 3.27. The van der Waals surface area contributed by atoms with E-state index in [-0.39, 0.29) is 0 Å². The van der Waals surface area contributed by atoms with Crippen LogP contribution in [0.5, 0.6) is 5.75 Å². The summed E-state index contributed by atoms with van der Waals surface area (Å²) in [5.74, 6) is 2.75. The van der Waals surface area contributed by atoms with Gasteiger partial charge in [-0.1, -0.05) is 12.1 Å². The number of fused-ring (bicyclic) bond motifs is 5. The molecule has 0 spiro atoms. The summed E-state index contributed by atoms with van der Waals surface area (Å²) in [5.41, 5.74) is 4.86. The monoisotopic (exact) mass is 462 g/mol. The third kappa shape index (κ3) is 3.75. The Bertz CT molecular complexity index is 1300. The number of aromatic nitrogens is 4. The number of hydrogen-bond donors (Lipinski definition) is 1. The Balaban J connectivity index is 1.41. The Morgan fingerprint density at radius 2 is 1.85 bits per heavy atom. The summed E-state index contributed by atoms with van der Waals surface area (Å²) >= 11 is 1.66. The summed E-state index contributed by atoms with van der Waals surface area (Å²) in [4.78, 5) is 8.60. The zero-order valence-corrected chi connectivity index (χ0v) is 19.5. The Labute approximate surface area is 195 Å². The van der Waals surface area contributed by atoms with Crippen molar-refractivity contribution in [2.45, 2.75) is 32.2 Å². The molecule has 6 rings (SSSR count). The van der Waals surface area contributed by atoms with Gasteiger partial charge in [0.15, 0.2) is 5.82 Å². The fourth-order valence-electron chi connectivity index (χ4n) is 4.85. The highest BCUT2D eigenvalue weighted by molar-refractivity contribution is 7.26. The first-order chi connectivity index (χ1) is 16.3. The molecule has 1 N–H and O–H groups in total. The zero-order chi connectivity index (χ0) is 22.2. The molecular formula is C24H26N6O2S. The summed E-state index contributed by atoms with van der Waals surface area (Å²) in [7, 11) is 1.68. The molecular weight excluding hydrogens is 436 g/mol. The minimum atomic E-state index is 0.649. The lowest BCUT2D eigenvalue weighted by Crippen LogP contribution is -2.37. The van der Waals surface area contributed by atoms with Crippen molar-refractivity contribution < 1.29 is 9.47 Å². The number of nitrogens with zero attached hydrogens (tertiary/aromatic N) is 5. The van der Waals surface area contributed by atoms with Crippen molar-refractivity contribution in [1.29, 1.82) is 0 Å². The first-order valence-electron chi connectivity index (χ1n) is 11.5. The van der Waals surface area contributed by atoms with Crippen LogP contribution in [-0.4, -0.2) is 53.8 Å². The smallest absolute Gasteiger partial charge is 0.170 e. The molecule has 3 aromatic heterocycles. The van der Waals surface area contributed by atoms with Gasteiger partial charge in [-0.2, -0.15) is 0 Å². The van der Waals surface area contributed by atoms with Gasteiger partial charge in [-0.15, -0.1) is 21.5 Å². The molecule has 4 heterocycles. The van der Waals surface area contributed by atoms with Gasteiger partial charge in [0.05, 0.1) is 20.3 Å². The summed E-state index contributed by atoms with van der Waals surface area (Å²) in [6.45, 7) is 3.96. The highest BCUT2D eigenvalue weighted by Gasteiger charge is 2.26. The lowest BCUT2D eigenvalue weighted by molar-refractivity contribution is 0.122. The third-order valence-electron chi connectivity index (χ3n) is 6.55. The Morgan fingerprint density at radius 1 is 1.06 bits per heavy atom. The summed E-state index contributed by atoms with van der Waals surface area (Å²) in [6, 6.07) is 8.03. The molecule has 1 aliphatic heterocycles. The van der Waals surface area contributed by atoms with E-state index in [1.807, 2.05) is 12.1 Å². The molecule has 4 aromatic rings. The van der Waals surface area contributed by atoms with Crippen LogP contribution in [0.15, 0.2) is 24.3 Å². The van der Waals surface area contributed by atoms with Gasteiger partial charge in [0.1, 0.15) is 26.6 Å². The number of methoxy groups -OCH3 is 1. The van der Waals surface area contributed by atoms with Crippen molar-refractivity contribution in [2.24, 2.45) is 0 Å². The van der Waals surface area contributed by atoms with Crippen LogP contribution in [-0.2, 0) is 24.1 Å². The first kappa shape index (κ1) is 20.6. The average molecular weight is 463 g/mol. The van der Waals surface area contributed by atoms with Crippen molar-refractivity contribution in [3.63, 3.8) is 0 Å². The highest BCUT2D eigenvalue weighted by atomic mass is 32.1. The third-order valence-corrected chi connectivity index (χ3v) is 7.63. The molecule has 8 nitrogen and oxygen atoms in total. The van der Waals surface area contributed by atoms with Crippen molar-refractivity contribution in [1.82, 2.24) is 20.4 Å². The second-order valence-corrected chi connectivity index (χ2v) is 9.50. The second-order valence-electron chi connectivity index (χ2n) is 8.50. The first-order valence-corrected chi connectivity index (χ1v) is 12.3. The van der Waals surface area contributed by atoms with Crippen LogP contribution < -0.4 is 15.0 Å². The minimum absolute atomic E-state index is 0.649. The summed E-state index contributed by atoms with van der Waals surface area (Å²) in [6.07, 6.45) is 4.55. The van der Waals surface area contributed by atoms with Gasteiger partial charge in [-0.25, -0.2) is 4.98 Å². The van der Waals surface area contributed by atoms with E-state index in [1.165, 1.54) is 29.4 Å². The van der Waals surface area contributed by atoms with Crippen molar-refractivity contribution in [3.05, 3.63) is 41.0 Å². The maximum absolute atomic E-state index is 5.58. The van der Waals surface area contributed by atoms with Crippen molar-refractivity contribution in [2.75, 3.05) is 43.6 Å². The fraction of sp³-hybridized carbons (Fsp3) is 0.417. The van der Waals surface area contributed by atoms with Gasteiger partial charge >= 0.3 is 0 Å². The molecule has 1 aromatic carbocycles. The number of nitrogens with one attached hydrogen (secondary N) is 1. The van der Waals surface area contributed by atoms with Gasteiger partial charge in [-0.3, -0.25) is 0 Å². The van der Waals surface area contributed by atoms with Crippen molar-refractivity contribution in [3.8, 4) is 5.75 Å². The molecule has 0 bridgehead atoms. The predicted octanol–water partition coefficient (Wildman–Crippen LogP) is 3.97. The molecule has 0 unspecified atom stereocenters. The molecule has 170 valence electrons. The van der Waals surface area contributed by atoms with E-state index in [9.17, 15) is 0 Å². The van der Waals surface area contributed by atoms with Gasteiger partial charge in [0.2, 0.25) is 0 Å². The second kappa shape index (κ2) is 8.72. The minimum Gasteiger partial charge on any atom is -0.497 e. The largest absolute Gasteiger partial charge is 0.497 e. The van der Waals surface area contributed by atoms with E-state index in [2.05, 4.69) is 37.8 Å². The number of aryl methyl sites for hydroxylation is 1. The van der Waals surface area contributed by atoms with E-state index < -0.39 is 0 Å². The number of rotatable bonds is 5. The quantitative estimate of drug-likeness (QED) is 0.477. The molecule has 0 amide bonds. The van der Waals surface area contributed by atoms with Gasteiger partial charge < -0.3 is 19.7 Å². The molecule has 1 saturated heterocycles. The van der Waals surface area contributed by atoms with Crippen LogP contribution in [0, 0.1) is 0 Å². The van der Waals surface area contributed by atoms with E-state index >= 15 is 0 Å². The lowest BCUT2D eigenvalue weighted by atomic mass is 9.90. The highest BCUT2D eigenvalue weighted by Crippen LogP contribution is 2.42. The lowest BCUT2D eigenvalue weighted by Gasteiger charge is -2.31. The number of benzene rings is 1. The van der Waals surface area contributed by atoms with Crippen LogP contribution in [0.4, 0.5) is 11.6 Å². The van der Waals surface area contributed by atoms with Crippen LogP contribution in [0.1, 0.15) is 29.5 Å². The summed E-state index contributed by atoms with van der Waals surface area (Å²) in [5, 5.41) is 17.5. The molecule has 2 aliphatic rings. The van der Waals surface area contributed by atoms with Crippen molar-refractivity contribution >= 4 is 43.4 Å². The van der Waals surface area contributed by atoms with Crippen LogP contribution in [0.25, 0.3) is 20.4 Å². The zero-order valence-electron chi connectivity index (χ0n) is 18.6. The normalized spacial score (nSPS) is 16.2. The molecule has 9 heteroatoms. The number of anilines is 2. The molecule has 0 saturated carbocycles. The number of thiophene rings is 1. The molecule has 0 radical (unpaired) electrons. The number of pyridine rings is 1. The van der Waals surface area contributed by atoms with Gasteiger partial charge in [0, 0.05) is 25.0 Å². The molecule has 1 fully saturated rings. The molecule has 1 aliphatic carbocycles. The molecule has 0 atom stereocenters. The Morgan fingerprint density at radius 3 is 2.64 bits per heavy atom. The van der Waals surface area contributed by atoms with Gasteiger partial charge in [0.25, 0.3) is 0 Å². The Hall–Kier alpha value is -3.04. The van der Waals surface area contributed by atoms with Gasteiger partial charge in [-0.05, 0) is 59.7 Å².